The van der Waals surface area contributed by atoms with Gasteiger partial charge in [-0.15, -0.1) is 0 Å². The lowest BCUT2D eigenvalue weighted by Gasteiger charge is -2.43. The van der Waals surface area contributed by atoms with Gasteiger partial charge < -0.3 is 14.4 Å². The second-order valence-electron chi connectivity index (χ2n) is 10.4. The molecule has 0 bridgehead atoms. The summed E-state index contributed by atoms with van der Waals surface area (Å²) in [5.41, 5.74) is -0.518. The van der Waals surface area contributed by atoms with E-state index in [0.717, 1.165) is 29.6 Å². The molecule has 2 aromatic rings. The highest BCUT2D eigenvalue weighted by Gasteiger charge is 2.50. The summed E-state index contributed by atoms with van der Waals surface area (Å²) >= 11 is 0. The summed E-state index contributed by atoms with van der Waals surface area (Å²) in [6, 6.07) is 20.3. The van der Waals surface area contributed by atoms with Gasteiger partial charge in [0.05, 0.1) is 0 Å². The van der Waals surface area contributed by atoms with Gasteiger partial charge in [-0.1, -0.05) is 86.7 Å². The van der Waals surface area contributed by atoms with Crippen molar-refractivity contribution in [3.8, 4) is 0 Å². The van der Waals surface area contributed by atoms with Crippen LogP contribution in [0.15, 0.2) is 72.8 Å². The quantitative estimate of drug-likeness (QED) is 0.504. The predicted molar refractivity (Wildman–Crippen MR) is 134 cm³/mol. The number of hydrogen-bond acceptors (Lipinski definition) is 3. The van der Waals surface area contributed by atoms with Gasteiger partial charge in [0.25, 0.3) is 8.32 Å². The van der Waals surface area contributed by atoms with Crippen molar-refractivity contribution in [1.82, 2.24) is 4.90 Å². The minimum atomic E-state index is -3.05. The molecule has 1 N–H and O–H groups in total. The van der Waals surface area contributed by atoms with Crippen molar-refractivity contribution in [3.63, 3.8) is 0 Å². The van der Waals surface area contributed by atoms with Gasteiger partial charge in [0.1, 0.15) is 5.60 Å². The number of carbonyl (C=O) groups excluding carboxylic acids is 1. The molecule has 0 aliphatic carbocycles. The van der Waals surface area contributed by atoms with Crippen molar-refractivity contribution in [1.29, 1.82) is 0 Å². The largest absolute Gasteiger partial charge is 0.444 e. The van der Waals surface area contributed by atoms with Gasteiger partial charge in [0, 0.05) is 12.6 Å². The third-order valence-corrected chi connectivity index (χ3v) is 11.0. The molecule has 5 heteroatoms. The molecule has 3 rings (SSSR count). The van der Waals surface area contributed by atoms with Gasteiger partial charge in [-0.25, -0.2) is 4.79 Å². The minimum Gasteiger partial charge on any atom is -0.444 e. The fourth-order valence-corrected chi connectivity index (χ4v) is 8.30. The molecule has 4 nitrogen and oxygen atoms in total. The molecule has 1 atom stereocenters. The molecule has 0 fully saturated rings. The molecule has 1 heterocycles. The summed E-state index contributed by atoms with van der Waals surface area (Å²) in [4.78, 5) is 27.0. The summed E-state index contributed by atoms with van der Waals surface area (Å²) in [5.74, 6) is 0. The van der Waals surface area contributed by atoms with Crippen LogP contribution >= 0.6 is 0 Å². The Morgan fingerprint density at radius 1 is 0.969 bits per heavy atom. The molecule has 1 amide bonds. The molecular weight excluding hydrogens is 414 g/mol. The van der Waals surface area contributed by atoms with Crippen LogP contribution in [-0.4, -0.2) is 42.3 Å². The monoisotopic (exact) mass is 451 g/mol. The van der Waals surface area contributed by atoms with E-state index in [2.05, 4.69) is 44.2 Å². The van der Waals surface area contributed by atoms with Crippen molar-refractivity contribution in [2.24, 2.45) is 0 Å². The highest BCUT2D eigenvalue weighted by atomic mass is 28.4. The molecule has 0 unspecified atom stereocenters. The second kappa shape index (κ2) is 9.63. The maximum absolute atomic E-state index is 12.8. The average Bonchev–Trinajstić information content (AvgIpc) is 2.77. The standard InChI is InChI=1S/C27H37NO3Si/c1-26(2,3)31-25(29)28-21-13-12-14-22(28)19-20-27(4,5)32(30,23-15-8-6-9-16-23)24-17-10-7-11-18-24/h6-13,15-18,22,30H,14,19-21H2,1-5H3/t22-/m0/s1. The molecule has 2 aromatic carbocycles. The second-order valence-corrected chi connectivity index (χ2v) is 14.3. The van der Waals surface area contributed by atoms with Crippen LogP contribution < -0.4 is 10.4 Å². The van der Waals surface area contributed by atoms with E-state index in [1.54, 1.807) is 0 Å². The first kappa shape index (κ1) is 24.3. The average molecular weight is 452 g/mol. The highest BCUT2D eigenvalue weighted by Crippen LogP contribution is 2.41. The lowest BCUT2D eigenvalue weighted by molar-refractivity contribution is 0.0166. The van der Waals surface area contributed by atoms with Gasteiger partial charge >= 0.3 is 6.09 Å². The fraction of sp³-hybridized carbons (Fsp3) is 0.444. The molecule has 0 saturated heterocycles. The highest BCUT2D eigenvalue weighted by molar-refractivity contribution is 6.98. The molecule has 1 aliphatic heterocycles. The van der Waals surface area contributed by atoms with E-state index in [4.69, 9.17) is 4.74 Å². The van der Waals surface area contributed by atoms with Gasteiger partial charge in [-0.2, -0.15) is 0 Å². The van der Waals surface area contributed by atoms with Gasteiger partial charge in [0.15, 0.2) is 0 Å². The Bertz CT molecular complexity index is 879. The number of amides is 1. The Kier molecular flexibility index (Phi) is 7.31. The van der Waals surface area contributed by atoms with Crippen LogP contribution in [0.5, 0.6) is 0 Å². The van der Waals surface area contributed by atoms with Gasteiger partial charge in [-0.05, 0) is 55.4 Å². The fourth-order valence-electron chi connectivity index (χ4n) is 4.55. The van der Waals surface area contributed by atoms with E-state index in [1.165, 1.54) is 0 Å². The van der Waals surface area contributed by atoms with Crippen LogP contribution in [0.2, 0.25) is 5.04 Å². The predicted octanol–water partition coefficient (Wildman–Crippen LogP) is 4.86. The van der Waals surface area contributed by atoms with Crippen molar-refractivity contribution in [3.05, 3.63) is 72.8 Å². The van der Waals surface area contributed by atoms with Crippen LogP contribution in [0, 0.1) is 0 Å². The SMILES string of the molecule is CC(C)(C)OC(=O)N1CC=CC[C@H]1CCC(C)(C)[Si](O)(c1ccccc1)c1ccccc1. The molecule has 1 aliphatic rings. The number of ether oxygens (including phenoxy) is 1. The van der Waals surface area contributed by atoms with Gasteiger partial charge in [0.2, 0.25) is 0 Å². The first-order chi connectivity index (χ1) is 15.0. The van der Waals surface area contributed by atoms with Crippen molar-refractivity contribution < 1.29 is 14.3 Å². The Morgan fingerprint density at radius 2 is 1.50 bits per heavy atom. The topological polar surface area (TPSA) is 49.8 Å². The maximum atomic E-state index is 12.8. The van der Waals surface area contributed by atoms with E-state index in [9.17, 15) is 9.59 Å². The van der Waals surface area contributed by atoms with Crippen LogP contribution in [0.25, 0.3) is 0 Å². The van der Waals surface area contributed by atoms with Crippen molar-refractivity contribution in [2.75, 3.05) is 6.54 Å². The summed E-state index contributed by atoms with van der Waals surface area (Å²) in [6.07, 6.45) is 6.35. The Balaban J connectivity index is 1.85. The first-order valence-electron chi connectivity index (χ1n) is 11.5. The molecule has 0 aromatic heterocycles. The third kappa shape index (κ3) is 5.33. The Labute approximate surface area is 194 Å². The van der Waals surface area contributed by atoms with Crippen LogP contribution in [0.1, 0.15) is 53.9 Å². The zero-order valence-corrected chi connectivity index (χ0v) is 21.0. The lowest BCUT2D eigenvalue weighted by atomic mass is 9.97. The number of carbonyl (C=O) groups is 1. The van der Waals surface area contributed by atoms with E-state index in [0.29, 0.717) is 6.54 Å². The van der Waals surface area contributed by atoms with Crippen LogP contribution in [-0.2, 0) is 4.74 Å². The smallest absolute Gasteiger partial charge is 0.410 e. The van der Waals surface area contributed by atoms with Crippen molar-refractivity contribution >= 4 is 24.8 Å². The van der Waals surface area contributed by atoms with Crippen LogP contribution in [0.4, 0.5) is 4.79 Å². The summed E-state index contributed by atoms with van der Waals surface area (Å²) in [5, 5.41) is 1.70. The zero-order valence-electron chi connectivity index (χ0n) is 20.0. The molecule has 0 radical (unpaired) electrons. The Morgan fingerprint density at radius 3 is 2.00 bits per heavy atom. The molecule has 32 heavy (non-hydrogen) atoms. The number of hydrogen-bond donors (Lipinski definition) is 1. The van der Waals surface area contributed by atoms with Crippen LogP contribution in [0.3, 0.4) is 0 Å². The van der Waals surface area contributed by atoms with Gasteiger partial charge in [-0.3, -0.25) is 0 Å². The van der Waals surface area contributed by atoms with E-state index in [1.807, 2.05) is 68.1 Å². The summed E-state index contributed by atoms with van der Waals surface area (Å²) in [6.45, 7) is 10.6. The van der Waals surface area contributed by atoms with E-state index < -0.39 is 13.9 Å². The number of nitrogens with zero attached hydrogens (tertiary/aromatic N) is 1. The zero-order chi connectivity index (χ0) is 23.4. The van der Waals surface area contributed by atoms with E-state index >= 15 is 0 Å². The lowest BCUT2D eigenvalue weighted by Crippen LogP contribution is -2.65. The third-order valence-electron chi connectivity index (χ3n) is 6.41. The molecule has 0 saturated carbocycles. The first-order valence-corrected chi connectivity index (χ1v) is 13.5. The molecular formula is C27H37NO3Si. The molecule has 172 valence electrons. The number of rotatable bonds is 6. The minimum absolute atomic E-state index is 0.0684. The normalized spacial score (nSPS) is 17.3. The summed E-state index contributed by atoms with van der Waals surface area (Å²) in [7, 11) is -3.05. The summed E-state index contributed by atoms with van der Waals surface area (Å²) < 4.78 is 5.66. The molecule has 0 spiro atoms. The van der Waals surface area contributed by atoms with E-state index in [-0.39, 0.29) is 17.2 Å². The maximum Gasteiger partial charge on any atom is 0.410 e. The Hall–Kier alpha value is -2.37. The number of benzene rings is 2. The van der Waals surface area contributed by atoms with Crippen molar-refractivity contribution in [2.45, 2.75) is 70.6 Å².